The van der Waals surface area contributed by atoms with Gasteiger partial charge in [-0.05, 0) is 57.3 Å². The zero-order valence-corrected chi connectivity index (χ0v) is 14.5. The number of hydrogen-bond donors (Lipinski definition) is 1. The molecule has 122 valence electrons. The normalized spacial score (nSPS) is 21.9. The Kier molecular flexibility index (Phi) is 5.19. The van der Waals surface area contributed by atoms with E-state index in [0.29, 0.717) is 0 Å². The predicted molar refractivity (Wildman–Crippen MR) is 92.7 cm³/mol. The van der Waals surface area contributed by atoms with Crippen LogP contribution in [-0.2, 0) is 6.42 Å². The number of amides is 1. The van der Waals surface area contributed by atoms with Crippen LogP contribution in [0, 0.1) is 0 Å². The van der Waals surface area contributed by atoms with E-state index in [1.165, 1.54) is 50.1 Å². The molecule has 1 aliphatic heterocycles. The van der Waals surface area contributed by atoms with Crippen molar-refractivity contribution in [2.24, 2.45) is 0 Å². The minimum Gasteiger partial charge on any atom is -0.345 e. The molecular weight excluding hydrogens is 292 g/mol. The van der Waals surface area contributed by atoms with Crippen molar-refractivity contribution in [1.82, 2.24) is 10.2 Å². The highest BCUT2D eigenvalue weighted by atomic mass is 32.1. The number of nitrogens with one attached hydrogen (secondary N) is 1. The van der Waals surface area contributed by atoms with E-state index in [-0.39, 0.29) is 11.4 Å². The average Bonchev–Trinajstić information content (AvgIpc) is 3.19. The van der Waals surface area contributed by atoms with Gasteiger partial charge >= 0.3 is 0 Å². The van der Waals surface area contributed by atoms with Crippen LogP contribution in [0.15, 0.2) is 12.1 Å². The standard InChI is InChI=1S/C18H28N2OS/c1-2-15-8-9-16(22-15)17(21)19-18(10-4-3-5-11-18)14-20-12-6-7-13-20/h8-9H,2-7,10-14H2,1H3,(H,19,21). The molecule has 0 unspecified atom stereocenters. The van der Waals surface area contributed by atoms with Crippen LogP contribution in [0.3, 0.4) is 0 Å². The molecule has 2 heterocycles. The number of hydrogen-bond acceptors (Lipinski definition) is 3. The molecule has 1 aromatic heterocycles. The topological polar surface area (TPSA) is 32.3 Å². The fraction of sp³-hybridized carbons (Fsp3) is 0.722. The summed E-state index contributed by atoms with van der Waals surface area (Å²) in [5, 5.41) is 3.44. The molecule has 1 saturated heterocycles. The summed E-state index contributed by atoms with van der Waals surface area (Å²) in [6.45, 7) is 5.60. The van der Waals surface area contributed by atoms with Crippen molar-refractivity contribution < 1.29 is 4.79 Å². The van der Waals surface area contributed by atoms with E-state index in [0.717, 1.165) is 30.7 Å². The monoisotopic (exact) mass is 320 g/mol. The second-order valence-electron chi connectivity index (χ2n) is 6.90. The van der Waals surface area contributed by atoms with Gasteiger partial charge in [0.05, 0.1) is 10.4 Å². The van der Waals surface area contributed by atoms with Gasteiger partial charge in [0.2, 0.25) is 0 Å². The van der Waals surface area contributed by atoms with Crippen molar-refractivity contribution in [3.63, 3.8) is 0 Å². The first-order valence-electron chi connectivity index (χ1n) is 8.84. The molecule has 1 amide bonds. The number of likely N-dealkylation sites (tertiary alicyclic amines) is 1. The number of aryl methyl sites for hydroxylation is 1. The minimum absolute atomic E-state index is 0.00996. The third-order valence-corrected chi connectivity index (χ3v) is 6.38. The van der Waals surface area contributed by atoms with Crippen molar-refractivity contribution in [2.45, 2.75) is 63.8 Å². The highest BCUT2D eigenvalue weighted by Crippen LogP contribution is 2.31. The maximum atomic E-state index is 12.7. The number of carbonyl (C=O) groups excluding carboxylic acids is 1. The summed E-state index contributed by atoms with van der Waals surface area (Å²) in [4.78, 5) is 17.4. The van der Waals surface area contributed by atoms with Gasteiger partial charge in [-0.3, -0.25) is 4.79 Å². The van der Waals surface area contributed by atoms with Gasteiger partial charge in [0.1, 0.15) is 0 Å². The summed E-state index contributed by atoms with van der Waals surface area (Å²) in [7, 11) is 0. The zero-order chi connectivity index (χ0) is 15.4. The fourth-order valence-corrected chi connectivity index (χ4v) is 4.76. The summed E-state index contributed by atoms with van der Waals surface area (Å²) in [5.74, 6) is 0.144. The molecule has 3 rings (SSSR count). The second kappa shape index (κ2) is 7.14. The number of rotatable bonds is 5. The highest BCUT2D eigenvalue weighted by Gasteiger charge is 2.36. The van der Waals surface area contributed by atoms with E-state index in [1.54, 1.807) is 11.3 Å². The molecule has 22 heavy (non-hydrogen) atoms. The molecule has 0 atom stereocenters. The summed E-state index contributed by atoms with van der Waals surface area (Å²) < 4.78 is 0. The SMILES string of the molecule is CCc1ccc(C(=O)NC2(CN3CCCC3)CCCCC2)s1. The maximum Gasteiger partial charge on any atom is 0.261 e. The van der Waals surface area contributed by atoms with Gasteiger partial charge in [-0.15, -0.1) is 11.3 Å². The molecule has 1 N–H and O–H groups in total. The second-order valence-corrected chi connectivity index (χ2v) is 8.07. The summed E-state index contributed by atoms with van der Waals surface area (Å²) in [5.41, 5.74) is 0.00996. The maximum absolute atomic E-state index is 12.7. The van der Waals surface area contributed by atoms with E-state index >= 15 is 0 Å². The Hall–Kier alpha value is -0.870. The first kappa shape index (κ1) is 16.0. The Morgan fingerprint density at radius 2 is 1.91 bits per heavy atom. The molecule has 2 fully saturated rings. The summed E-state index contributed by atoms with van der Waals surface area (Å²) >= 11 is 1.65. The van der Waals surface area contributed by atoms with Crippen molar-refractivity contribution >= 4 is 17.2 Å². The Morgan fingerprint density at radius 1 is 1.18 bits per heavy atom. The van der Waals surface area contributed by atoms with Gasteiger partial charge in [-0.2, -0.15) is 0 Å². The first-order valence-corrected chi connectivity index (χ1v) is 9.66. The minimum atomic E-state index is 0.00996. The zero-order valence-electron chi connectivity index (χ0n) is 13.7. The number of nitrogens with zero attached hydrogens (tertiary/aromatic N) is 1. The molecule has 0 bridgehead atoms. The molecular formula is C18H28N2OS. The van der Waals surface area contributed by atoms with E-state index in [4.69, 9.17) is 0 Å². The van der Waals surface area contributed by atoms with Crippen LogP contribution < -0.4 is 5.32 Å². The predicted octanol–water partition coefficient (Wildman–Crippen LogP) is 3.84. The Bertz CT molecular complexity index is 499. The van der Waals surface area contributed by atoms with E-state index in [1.807, 2.05) is 6.07 Å². The van der Waals surface area contributed by atoms with Crippen LogP contribution in [-0.4, -0.2) is 36.0 Å². The molecule has 0 spiro atoms. The van der Waals surface area contributed by atoms with Crippen molar-refractivity contribution in [1.29, 1.82) is 0 Å². The molecule has 1 aliphatic carbocycles. The van der Waals surface area contributed by atoms with Crippen molar-refractivity contribution in [3.05, 3.63) is 21.9 Å². The number of carbonyl (C=O) groups is 1. The van der Waals surface area contributed by atoms with E-state index < -0.39 is 0 Å². The van der Waals surface area contributed by atoms with Crippen molar-refractivity contribution in [3.8, 4) is 0 Å². The van der Waals surface area contributed by atoms with Gasteiger partial charge in [0.15, 0.2) is 0 Å². The molecule has 0 radical (unpaired) electrons. The molecule has 1 aromatic rings. The van der Waals surface area contributed by atoms with E-state index in [2.05, 4.69) is 23.2 Å². The lowest BCUT2D eigenvalue weighted by atomic mass is 9.81. The lowest BCUT2D eigenvalue weighted by Crippen LogP contribution is -2.56. The first-order chi connectivity index (χ1) is 10.7. The molecule has 3 nitrogen and oxygen atoms in total. The van der Waals surface area contributed by atoms with Crippen molar-refractivity contribution in [2.75, 3.05) is 19.6 Å². The Balaban J connectivity index is 1.69. The van der Waals surface area contributed by atoms with Crippen LogP contribution in [0.4, 0.5) is 0 Å². The van der Waals surface area contributed by atoms with Gasteiger partial charge in [0, 0.05) is 11.4 Å². The average molecular weight is 321 g/mol. The lowest BCUT2D eigenvalue weighted by Gasteiger charge is -2.40. The van der Waals surface area contributed by atoms with Gasteiger partial charge < -0.3 is 10.2 Å². The fourth-order valence-electron chi connectivity index (χ4n) is 3.91. The molecule has 2 aliphatic rings. The lowest BCUT2D eigenvalue weighted by molar-refractivity contribution is 0.0826. The largest absolute Gasteiger partial charge is 0.345 e. The van der Waals surface area contributed by atoms with Crippen LogP contribution in [0.5, 0.6) is 0 Å². The Labute approximate surface area is 138 Å². The highest BCUT2D eigenvalue weighted by molar-refractivity contribution is 7.14. The Morgan fingerprint density at radius 3 is 2.55 bits per heavy atom. The van der Waals surface area contributed by atoms with Gasteiger partial charge in [0.25, 0.3) is 5.91 Å². The van der Waals surface area contributed by atoms with Gasteiger partial charge in [-0.25, -0.2) is 0 Å². The van der Waals surface area contributed by atoms with Crippen LogP contribution in [0.1, 0.15) is 66.4 Å². The molecule has 1 saturated carbocycles. The molecule has 4 heteroatoms. The van der Waals surface area contributed by atoms with Crippen LogP contribution in [0.25, 0.3) is 0 Å². The number of thiophene rings is 1. The summed E-state index contributed by atoms with van der Waals surface area (Å²) in [6.07, 6.45) is 9.73. The third-order valence-electron chi connectivity index (χ3n) is 5.15. The molecule has 0 aromatic carbocycles. The van der Waals surface area contributed by atoms with E-state index in [9.17, 15) is 4.79 Å². The van der Waals surface area contributed by atoms with Crippen LogP contribution >= 0.6 is 11.3 Å². The van der Waals surface area contributed by atoms with Gasteiger partial charge in [-0.1, -0.05) is 26.2 Å². The smallest absolute Gasteiger partial charge is 0.261 e. The summed E-state index contributed by atoms with van der Waals surface area (Å²) in [6, 6.07) is 4.08. The quantitative estimate of drug-likeness (QED) is 0.894. The van der Waals surface area contributed by atoms with Crippen LogP contribution in [0.2, 0.25) is 0 Å². The third kappa shape index (κ3) is 3.72.